The molecule has 0 saturated carbocycles. The predicted molar refractivity (Wildman–Crippen MR) is 67.0 cm³/mol. The molecule has 6 nitrogen and oxygen atoms in total. The van der Waals surface area contributed by atoms with E-state index in [9.17, 15) is 8.78 Å². The van der Waals surface area contributed by atoms with Crippen LogP contribution >= 0.6 is 0 Å². The second kappa shape index (κ2) is 4.19. The van der Waals surface area contributed by atoms with Gasteiger partial charge in [0.2, 0.25) is 5.95 Å². The van der Waals surface area contributed by atoms with Gasteiger partial charge in [-0.3, -0.25) is 0 Å². The van der Waals surface area contributed by atoms with Crippen molar-refractivity contribution in [3.05, 3.63) is 35.7 Å². The Morgan fingerprint density at radius 2 is 2.10 bits per heavy atom. The van der Waals surface area contributed by atoms with Crippen LogP contribution < -0.4 is 15.2 Å². The predicted octanol–water partition coefficient (Wildman–Crippen LogP) is 1.98. The maximum atomic E-state index is 12.9. The number of fused-ring (bicyclic) bond motifs is 1. The van der Waals surface area contributed by atoms with Crippen molar-refractivity contribution in [1.29, 1.82) is 0 Å². The molecule has 0 bridgehead atoms. The minimum absolute atomic E-state index is 0.00913. The first-order chi connectivity index (χ1) is 9.43. The summed E-state index contributed by atoms with van der Waals surface area (Å²) in [5, 5.41) is 4.08. The lowest BCUT2D eigenvalue weighted by atomic mass is 10.2. The van der Waals surface area contributed by atoms with E-state index in [1.165, 1.54) is 23.0 Å². The molecule has 0 amide bonds. The molecule has 1 aliphatic heterocycles. The highest BCUT2D eigenvalue weighted by molar-refractivity contribution is 5.81. The van der Waals surface area contributed by atoms with Gasteiger partial charge in [-0.15, -0.1) is 8.78 Å². The fraction of sp³-hybridized carbons (Fsp3) is 0.167. The van der Waals surface area contributed by atoms with E-state index in [1.807, 2.05) is 0 Å². The lowest BCUT2D eigenvalue weighted by Gasteiger charge is -2.04. The molecule has 0 spiro atoms. The van der Waals surface area contributed by atoms with E-state index in [2.05, 4.69) is 19.6 Å². The number of aryl methyl sites for hydroxylation is 1. The van der Waals surface area contributed by atoms with Crippen molar-refractivity contribution in [3.8, 4) is 11.5 Å². The Balaban J connectivity index is 1.85. The maximum absolute atomic E-state index is 12.9. The van der Waals surface area contributed by atoms with E-state index in [-0.39, 0.29) is 17.4 Å². The molecule has 1 aromatic carbocycles. The zero-order chi connectivity index (χ0) is 14.3. The van der Waals surface area contributed by atoms with Gasteiger partial charge in [-0.1, -0.05) is 0 Å². The first-order valence-corrected chi connectivity index (χ1v) is 5.69. The van der Waals surface area contributed by atoms with Crippen LogP contribution in [0, 0.1) is 6.92 Å². The smallest absolute Gasteiger partial charge is 0.395 e. The van der Waals surface area contributed by atoms with Crippen molar-refractivity contribution in [1.82, 2.24) is 9.66 Å². The molecule has 0 fully saturated rings. The summed E-state index contributed by atoms with van der Waals surface area (Å²) in [6, 6.07) is 4.37. The quantitative estimate of drug-likeness (QED) is 0.853. The van der Waals surface area contributed by atoms with Gasteiger partial charge in [0, 0.05) is 0 Å². The Hall–Kier alpha value is -2.64. The molecule has 2 heterocycles. The van der Waals surface area contributed by atoms with Crippen molar-refractivity contribution in [2.75, 3.05) is 5.73 Å². The number of nitrogens with two attached hydrogens (primary N) is 1. The number of anilines is 1. The number of aromatic nitrogens is 2. The SMILES string of the molecule is Cc1cn(N=Cc2ccc3c(c2)OC(F)(F)O3)c(N)n1. The molecule has 0 unspecified atom stereocenters. The number of benzene rings is 1. The highest BCUT2D eigenvalue weighted by Crippen LogP contribution is 2.40. The van der Waals surface area contributed by atoms with E-state index in [1.54, 1.807) is 19.2 Å². The summed E-state index contributed by atoms with van der Waals surface area (Å²) in [5.41, 5.74) is 6.92. The van der Waals surface area contributed by atoms with Gasteiger partial charge in [0.25, 0.3) is 0 Å². The summed E-state index contributed by atoms with van der Waals surface area (Å²) in [6.07, 6.45) is -0.519. The van der Waals surface area contributed by atoms with Crippen LogP contribution in [0.3, 0.4) is 0 Å². The van der Waals surface area contributed by atoms with Gasteiger partial charge >= 0.3 is 6.29 Å². The van der Waals surface area contributed by atoms with E-state index in [0.717, 1.165) is 5.69 Å². The van der Waals surface area contributed by atoms with Crippen LogP contribution in [0.5, 0.6) is 11.5 Å². The van der Waals surface area contributed by atoms with Gasteiger partial charge in [0.05, 0.1) is 18.1 Å². The average Bonchev–Trinajstić information content (AvgIpc) is 2.83. The van der Waals surface area contributed by atoms with Crippen molar-refractivity contribution >= 4 is 12.2 Å². The van der Waals surface area contributed by atoms with Crippen LogP contribution in [0.25, 0.3) is 0 Å². The number of hydrogen-bond donors (Lipinski definition) is 1. The second-order valence-electron chi connectivity index (χ2n) is 4.20. The van der Waals surface area contributed by atoms with E-state index in [4.69, 9.17) is 5.73 Å². The summed E-state index contributed by atoms with van der Waals surface area (Å²) < 4.78 is 35.8. The molecule has 0 saturated heterocycles. The van der Waals surface area contributed by atoms with Crippen LogP contribution in [-0.4, -0.2) is 22.2 Å². The third kappa shape index (κ3) is 2.27. The highest BCUT2D eigenvalue weighted by atomic mass is 19.3. The van der Waals surface area contributed by atoms with E-state index >= 15 is 0 Å². The zero-order valence-electron chi connectivity index (χ0n) is 10.4. The van der Waals surface area contributed by atoms with Gasteiger partial charge in [0.1, 0.15) is 0 Å². The molecule has 8 heteroatoms. The molecule has 2 aromatic rings. The highest BCUT2D eigenvalue weighted by Gasteiger charge is 2.43. The third-order valence-electron chi connectivity index (χ3n) is 2.59. The van der Waals surface area contributed by atoms with Crippen LogP contribution in [-0.2, 0) is 0 Å². The van der Waals surface area contributed by atoms with Crippen LogP contribution in [0.4, 0.5) is 14.7 Å². The first kappa shape index (κ1) is 12.4. The number of hydrogen-bond acceptors (Lipinski definition) is 5. The largest absolute Gasteiger partial charge is 0.586 e. The maximum Gasteiger partial charge on any atom is 0.586 e. The number of nitrogens with zero attached hydrogens (tertiary/aromatic N) is 3. The molecular formula is C12H10F2N4O2. The van der Waals surface area contributed by atoms with Crippen molar-refractivity contribution < 1.29 is 18.3 Å². The summed E-state index contributed by atoms with van der Waals surface area (Å²) in [6.45, 7) is 1.78. The average molecular weight is 280 g/mol. The minimum Gasteiger partial charge on any atom is -0.395 e. The van der Waals surface area contributed by atoms with Crippen LogP contribution in [0.1, 0.15) is 11.3 Å². The van der Waals surface area contributed by atoms with Crippen LogP contribution in [0.2, 0.25) is 0 Å². The Morgan fingerprint density at radius 3 is 2.80 bits per heavy atom. The summed E-state index contributed by atoms with van der Waals surface area (Å²) in [7, 11) is 0. The molecule has 104 valence electrons. The van der Waals surface area contributed by atoms with E-state index in [0.29, 0.717) is 5.56 Å². The number of nitrogen functional groups attached to an aromatic ring is 1. The number of imidazole rings is 1. The lowest BCUT2D eigenvalue weighted by molar-refractivity contribution is -0.286. The molecule has 20 heavy (non-hydrogen) atoms. The zero-order valence-corrected chi connectivity index (χ0v) is 10.4. The van der Waals surface area contributed by atoms with E-state index < -0.39 is 6.29 Å². The molecule has 3 rings (SSSR count). The first-order valence-electron chi connectivity index (χ1n) is 5.69. The standard InChI is InChI=1S/C12H10F2N4O2/c1-7-6-18(11(15)17-7)16-5-8-2-3-9-10(4-8)20-12(13,14)19-9/h2-6H,1H3,(H2,15,17). The molecule has 1 aromatic heterocycles. The molecule has 0 atom stereocenters. The molecule has 0 radical (unpaired) electrons. The van der Waals surface area contributed by atoms with Crippen molar-refractivity contribution in [2.45, 2.75) is 13.2 Å². The topological polar surface area (TPSA) is 74.7 Å². The lowest BCUT2D eigenvalue weighted by Crippen LogP contribution is -2.25. The summed E-state index contributed by atoms with van der Waals surface area (Å²) >= 11 is 0. The Bertz CT molecular complexity index is 697. The number of alkyl halides is 2. The number of halogens is 2. The molecular weight excluding hydrogens is 270 g/mol. The van der Waals surface area contributed by atoms with Gasteiger partial charge in [-0.05, 0) is 30.7 Å². The van der Waals surface area contributed by atoms with Gasteiger partial charge < -0.3 is 15.2 Å². The Labute approximate surface area is 112 Å². The normalized spacial score (nSPS) is 15.9. The van der Waals surface area contributed by atoms with Gasteiger partial charge in [0.15, 0.2) is 11.5 Å². The number of rotatable bonds is 2. The fourth-order valence-corrected chi connectivity index (χ4v) is 1.77. The second-order valence-corrected chi connectivity index (χ2v) is 4.20. The Kier molecular flexibility index (Phi) is 2.60. The van der Waals surface area contributed by atoms with Crippen molar-refractivity contribution in [2.24, 2.45) is 5.10 Å². The monoisotopic (exact) mass is 280 g/mol. The minimum atomic E-state index is -3.62. The summed E-state index contributed by atoms with van der Waals surface area (Å²) in [5.74, 6) is 0.199. The van der Waals surface area contributed by atoms with Crippen LogP contribution in [0.15, 0.2) is 29.5 Å². The van der Waals surface area contributed by atoms with Crippen molar-refractivity contribution in [3.63, 3.8) is 0 Å². The Morgan fingerprint density at radius 1 is 1.35 bits per heavy atom. The molecule has 1 aliphatic rings. The van der Waals surface area contributed by atoms with Gasteiger partial charge in [-0.2, -0.15) is 5.10 Å². The van der Waals surface area contributed by atoms with Gasteiger partial charge in [-0.25, -0.2) is 9.66 Å². The molecule has 2 N–H and O–H groups in total. The molecule has 0 aliphatic carbocycles. The fourth-order valence-electron chi connectivity index (χ4n) is 1.77. The third-order valence-corrected chi connectivity index (χ3v) is 2.59. The summed E-state index contributed by atoms with van der Waals surface area (Å²) in [4.78, 5) is 3.98. The number of ether oxygens (including phenoxy) is 2.